The number of rotatable bonds is 6. The molecule has 24 heavy (non-hydrogen) atoms. The maximum atomic E-state index is 11.5. The molecule has 0 aliphatic carbocycles. The summed E-state index contributed by atoms with van der Waals surface area (Å²) in [5.74, 6) is 0.389. The first kappa shape index (κ1) is 17.8. The number of esters is 2. The van der Waals surface area contributed by atoms with Crippen LogP contribution in [0.4, 0.5) is 0 Å². The highest BCUT2D eigenvalue weighted by atomic mass is 16.6. The minimum absolute atomic E-state index is 0.364. The minimum Gasteiger partial charge on any atom is -0.489 e. The Kier molecular flexibility index (Phi) is 5.79. The SMILES string of the molecule is CCCCOc1c(C)c(OC(C)=O)c2ccccc2c1OC(C)=O. The van der Waals surface area contributed by atoms with Crippen molar-refractivity contribution in [1.29, 1.82) is 0 Å². The summed E-state index contributed by atoms with van der Waals surface area (Å²) >= 11 is 0. The summed E-state index contributed by atoms with van der Waals surface area (Å²) < 4.78 is 16.7. The molecular weight excluding hydrogens is 308 g/mol. The van der Waals surface area contributed by atoms with Crippen molar-refractivity contribution in [3.8, 4) is 17.2 Å². The average molecular weight is 330 g/mol. The summed E-state index contributed by atoms with van der Waals surface area (Å²) in [6, 6.07) is 7.30. The highest BCUT2D eigenvalue weighted by Crippen LogP contribution is 2.45. The van der Waals surface area contributed by atoms with Crippen LogP contribution < -0.4 is 14.2 Å². The van der Waals surface area contributed by atoms with Gasteiger partial charge in [0.25, 0.3) is 0 Å². The van der Waals surface area contributed by atoms with E-state index in [1.54, 1.807) is 6.92 Å². The third-order valence-electron chi connectivity index (χ3n) is 3.54. The van der Waals surface area contributed by atoms with Crippen LogP contribution in [0, 0.1) is 6.92 Å². The van der Waals surface area contributed by atoms with E-state index in [2.05, 4.69) is 6.92 Å². The van der Waals surface area contributed by atoms with Crippen LogP contribution in [0.15, 0.2) is 24.3 Å². The van der Waals surface area contributed by atoms with Gasteiger partial charge in [-0.2, -0.15) is 0 Å². The molecule has 2 aromatic carbocycles. The van der Waals surface area contributed by atoms with Crippen molar-refractivity contribution in [2.24, 2.45) is 0 Å². The quantitative estimate of drug-likeness (QED) is 0.452. The third-order valence-corrected chi connectivity index (χ3v) is 3.54. The van der Waals surface area contributed by atoms with Crippen LogP contribution in [0.3, 0.4) is 0 Å². The van der Waals surface area contributed by atoms with Crippen LogP contribution in [0.1, 0.15) is 39.2 Å². The van der Waals surface area contributed by atoms with Crippen LogP contribution in [-0.4, -0.2) is 18.5 Å². The zero-order valence-corrected chi connectivity index (χ0v) is 14.5. The van der Waals surface area contributed by atoms with Gasteiger partial charge in [0.15, 0.2) is 11.5 Å². The van der Waals surface area contributed by atoms with Crippen LogP contribution in [0.2, 0.25) is 0 Å². The number of hydrogen-bond acceptors (Lipinski definition) is 5. The maximum Gasteiger partial charge on any atom is 0.308 e. The summed E-state index contributed by atoms with van der Waals surface area (Å²) in [6.07, 6.45) is 1.85. The van der Waals surface area contributed by atoms with Gasteiger partial charge in [-0.1, -0.05) is 37.6 Å². The Morgan fingerprint density at radius 1 is 0.917 bits per heavy atom. The Morgan fingerprint density at radius 3 is 2.00 bits per heavy atom. The monoisotopic (exact) mass is 330 g/mol. The van der Waals surface area contributed by atoms with E-state index in [-0.39, 0.29) is 0 Å². The maximum absolute atomic E-state index is 11.5. The number of unbranched alkanes of at least 4 members (excludes halogenated alkanes) is 1. The first-order chi connectivity index (χ1) is 11.5. The molecule has 0 spiro atoms. The molecule has 2 aromatic rings. The minimum atomic E-state index is -0.430. The van der Waals surface area contributed by atoms with Crippen molar-refractivity contribution in [2.75, 3.05) is 6.61 Å². The van der Waals surface area contributed by atoms with E-state index >= 15 is 0 Å². The normalized spacial score (nSPS) is 10.5. The Hall–Kier alpha value is -2.56. The van der Waals surface area contributed by atoms with Gasteiger partial charge in [0.2, 0.25) is 0 Å². The van der Waals surface area contributed by atoms with Gasteiger partial charge in [0.1, 0.15) is 5.75 Å². The fourth-order valence-electron chi connectivity index (χ4n) is 2.49. The van der Waals surface area contributed by atoms with Crippen LogP contribution in [0.5, 0.6) is 17.2 Å². The number of hydrogen-bond donors (Lipinski definition) is 0. The highest BCUT2D eigenvalue weighted by Gasteiger charge is 2.22. The van der Waals surface area contributed by atoms with E-state index in [0.29, 0.717) is 40.2 Å². The second-order valence-corrected chi connectivity index (χ2v) is 5.55. The van der Waals surface area contributed by atoms with Crippen molar-refractivity contribution in [2.45, 2.75) is 40.5 Å². The summed E-state index contributed by atoms with van der Waals surface area (Å²) in [5, 5.41) is 1.37. The predicted molar refractivity (Wildman–Crippen MR) is 91.7 cm³/mol. The molecule has 0 N–H and O–H groups in total. The largest absolute Gasteiger partial charge is 0.489 e. The smallest absolute Gasteiger partial charge is 0.308 e. The Labute approximate surface area is 141 Å². The van der Waals surface area contributed by atoms with E-state index in [4.69, 9.17) is 14.2 Å². The molecule has 0 saturated carbocycles. The lowest BCUT2D eigenvalue weighted by molar-refractivity contribution is -0.133. The molecular formula is C19H22O5. The van der Waals surface area contributed by atoms with E-state index in [1.165, 1.54) is 13.8 Å². The number of benzene rings is 2. The van der Waals surface area contributed by atoms with Gasteiger partial charge >= 0.3 is 11.9 Å². The summed E-state index contributed by atoms with van der Waals surface area (Å²) in [7, 11) is 0. The second-order valence-electron chi connectivity index (χ2n) is 5.55. The van der Waals surface area contributed by atoms with Crippen molar-refractivity contribution < 1.29 is 23.8 Å². The molecule has 0 aromatic heterocycles. The first-order valence-electron chi connectivity index (χ1n) is 8.00. The number of ether oxygens (including phenoxy) is 3. The van der Waals surface area contributed by atoms with Gasteiger partial charge in [-0.05, 0) is 13.3 Å². The molecule has 0 saturated heterocycles. The standard InChI is InChI=1S/C19H22O5/c1-5-6-11-22-18-12(2)17(23-13(3)20)15-9-7-8-10-16(15)19(18)24-14(4)21/h7-10H,5-6,11H2,1-4H3. The number of fused-ring (bicyclic) bond motifs is 1. The van der Waals surface area contributed by atoms with Gasteiger partial charge in [-0.3, -0.25) is 9.59 Å². The highest BCUT2D eigenvalue weighted by molar-refractivity contribution is 5.99. The van der Waals surface area contributed by atoms with E-state index in [0.717, 1.165) is 12.8 Å². The molecule has 0 amide bonds. The number of carbonyl (C=O) groups excluding carboxylic acids is 2. The van der Waals surface area contributed by atoms with Gasteiger partial charge in [-0.25, -0.2) is 0 Å². The van der Waals surface area contributed by atoms with Crippen LogP contribution >= 0.6 is 0 Å². The Balaban J connectivity index is 2.70. The molecule has 0 aliphatic heterocycles. The van der Waals surface area contributed by atoms with Crippen LogP contribution in [-0.2, 0) is 9.59 Å². The predicted octanol–water partition coefficient (Wildman–Crippen LogP) is 4.18. The fourth-order valence-corrected chi connectivity index (χ4v) is 2.49. The summed E-state index contributed by atoms with van der Waals surface area (Å²) in [5.41, 5.74) is 0.635. The molecule has 5 heteroatoms. The van der Waals surface area contributed by atoms with E-state index in [9.17, 15) is 9.59 Å². The Bertz CT molecular complexity index is 764. The lowest BCUT2D eigenvalue weighted by atomic mass is 10.0. The van der Waals surface area contributed by atoms with Gasteiger partial charge < -0.3 is 14.2 Å². The van der Waals surface area contributed by atoms with E-state index in [1.807, 2.05) is 24.3 Å². The van der Waals surface area contributed by atoms with Crippen molar-refractivity contribution >= 4 is 22.7 Å². The van der Waals surface area contributed by atoms with Crippen molar-refractivity contribution in [3.63, 3.8) is 0 Å². The van der Waals surface area contributed by atoms with Crippen molar-refractivity contribution in [3.05, 3.63) is 29.8 Å². The second kappa shape index (κ2) is 7.81. The van der Waals surface area contributed by atoms with Crippen molar-refractivity contribution in [1.82, 2.24) is 0 Å². The zero-order chi connectivity index (χ0) is 17.7. The topological polar surface area (TPSA) is 61.8 Å². The first-order valence-corrected chi connectivity index (χ1v) is 8.00. The zero-order valence-electron chi connectivity index (χ0n) is 14.5. The molecule has 0 heterocycles. The average Bonchev–Trinajstić information content (AvgIpc) is 2.53. The summed E-state index contributed by atoms with van der Waals surface area (Å²) in [4.78, 5) is 23.0. The molecule has 2 rings (SSSR count). The lowest BCUT2D eigenvalue weighted by Gasteiger charge is -2.19. The molecule has 0 atom stereocenters. The third kappa shape index (κ3) is 3.85. The molecule has 0 fully saturated rings. The molecule has 0 aliphatic rings. The number of carbonyl (C=O) groups is 2. The fraction of sp³-hybridized carbons (Fsp3) is 0.368. The van der Waals surface area contributed by atoms with E-state index < -0.39 is 11.9 Å². The van der Waals surface area contributed by atoms with Gasteiger partial charge in [-0.15, -0.1) is 0 Å². The molecule has 0 radical (unpaired) electrons. The summed E-state index contributed by atoms with van der Waals surface area (Å²) in [6.45, 7) is 7.04. The lowest BCUT2D eigenvalue weighted by Crippen LogP contribution is -2.09. The van der Waals surface area contributed by atoms with Gasteiger partial charge in [0.05, 0.1) is 6.61 Å². The van der Waals surface area contributed by atoms with Gasteiger partial charge in [0, 0.05) is 30.2 Å². The van der Waals surface area contributed by atoms with Crippen LogP contribution in [0.25, 0.3) is 10.8 Å². The molecule has 0 unspecified atom stereocenters. The molecule has 0 bridgehead atoms. The Morgan fingerprint density at radius 2 is 1.46 bits per heavy atom. The molecule has 128 valence electrons. The molecule has 5 nitrogen and oxygen atoms in total.